The van der Waals surface area contributed by atoms with Crippen LogP contribution in [-0.2, 0) is 4.84 Å². The number of oxime groups is 1. The molecule has 0 amide bonds. The normalized spacial score (nSPS) is 10.4. The second-order valence-corrected chi connectivity index (χ2v) is 3.98. The molecule has 0 bridgehead atoms. The van der Waals surface area contributed by atoms with Crippen LogP contribution in [0, 0.1) is 0 Å². The minimum Gasteiger partial charge on any atom is -0.494 e. The molecular formula is C16H15NO3. The first-order chi connectivity index (χ1) is 9.79. The lowest BCUT2D eigenvalue weighted by Gasteiger charge is -2.02. The van der Waals surface area contributed by atoms with E-state index in [1.54, 1.807) is 24.3 Å². The molecule has 0 aromatic heterocycles. The van der Waals surface area contributed by atoms with Gasteiger partial charge in [-0.2, -0.15) is 0 Å². The third kappa shape index (κ3) is 3.95. The molecule has 0 saturated carbocycles. The van der Waals surface area contributed by atoms with Gasteiger partial charge in [-0.15, -0.1) is 0 Å². The predicted molar refractivity (Wildman–Crippen MR) is 77.1 cm³/mol. The van der Waals surface area contributed by atoms with Crippen molar-refractivity contribution >= 4 is 12.2 Å². The number of carbonyl (C=O) groups excluding carboxylic acids is 1. The van der Waals surface area contributed by atoms with Crippen molar-refractivity contribution in [2.45, 2.75) is 6.92 Å². The standard InChI is InChI=1S/C16H15NO3/c1-2-19-15-10-8-13(9-11-15)12-17-20-16(18)14-6-4-3-5-7-14/h3-12H,2H2,1H3/b17-12-. The third-order valence-electron chi connectivity index (χ3n) is 2.54. The molecule has 4 heteroatoms. The van der Waals surface area contributed by atoms with Gasteiger partial charge in [0.15, 0.2) is 0 Å². The summed E-state index contributed by atoms with van der Waals surface area (Å²) in [4.78, 5) is 16.4. The molecule has 0 fully saturated rings. The fourth-order valence-corrected chi connectivity index (χ4v) is 1.58. The van der Waals surface area contributed by atoms with Gasteiger partial charge in [0.25, 0.3) is 0 Å². The maximum Gasteiger partial charge on any atom is 0.365 e. The molecule has 2 rings (SSSR count). The largest absolute Gasteiger partial charge is 0.494 e. The van der Waals surface area contributed by atoms with Crippen LogP contribution in [-0.4, -0.2) is 18.8 Å². The van der Waals surface area contributed by atoms with Gasteiger partial charge in [-0.05, 0) is 48.9 Å². The second-order valence-electron chi connectivity index (χ2n) is 3.98. The SMILES string of the molecule is CCOc1ccc(/C=N\OC(=O)c2ccccc2)cc1. The summed E-state index contributed by atoms with van der Waals surface area (Å²) in [7, 11) is 0. The summed E-state index contributed by atoms with van der Waals surface area (Å²) >= 11 is 0. The van der Waals surface area contributed by atoms with Crippen molar-refractivity contribution in [2.24, 2.45) is 5.16 Å². The highest BCUT2D eigenvalue weighted by atomic mass is 16.7. The van der Waals surface area contributed by atoms with Gasteiger partial charge in [-0.25, -0.2) is 4.79 Å². The summed E-state index contributed by atoms with van der Waals surface area (Å²) in [6, 6.07) is 16.1. The van der Waals surface area contributed by atoms with Gasteiger partial charge in [0, 0.05) is 0 Å². The Morgan fingerprint density at radius 1 is 1.10 bits per heavy atom. The lowest BCUT2D eigenvalue weighted by Crippen LogP contribution is -2.00. The number of benzene rings is 2. The fourth-order valence-electron chi connectivity index (χ4n) is 1.58. The van der Waals surface area contributed by atoms with Gasteiger partial charge in [0.2, 0.25) is 0 Å². The highest BCUT2D eigenvalue weighted by molar-refractivity contribution is 5.90. The summed E-state index contributed by atoms with van der Waals surface area (Å²) < 4.78 is 5.33. The van der Waals surface area contributed by atoms with Crippen LogP contribution in [0.1, 0.15) is 22.8 Å². The van der Waals surface area contributed by atoms with Gasteiger partial charge in [-0.1, -0.05) is 23.4 Å². The summed E-state index contributed by atoms with van der Waals surface area (Å²) in [5.41, 5.74) is 1.30. The minimum absolute atomic E-state index is 0.469. The highest BCUT2D eigenvalue weighted by Gasteiger charge is 2.04. The molecule has 0 radical (unpaired) electrons. The average Bonchev–Trinajstić information content (AvgIpc) is 2.50. The molecule has 0 aliphatic heterocycles. The number of rotatable bonds is 5. The van der Waals surface area contributed by atoms with Crippen molar-refractivity contribution in [3.8, 4) is 5.75 Å². The molecule has 0 heterocycles. The molecule has 20 heavy (non-hydrogen) atoms. The zero-order valence-electron chi connectivity index (χ0n) is 11.2. The first kappa shape index (κ1) is 13.8. The Morgan fingerprint density at radius 3 is 2.45 bits per heavy atom. The smallest absolute Gasteiger partial charge is 0.365 e. The lowest BCUT2D eigenvalue weighted by atomic mass is 10.2. The van der Waals surface area contributed by atoms with E-state index in [0.29, 0.717) is 12.2 Å². The highest BCUT2D eigenvalue weighted by Crippen LogP contribution is 2.10. The summed E-state index contributed by atoms with van der Waals surface area (Å²) in [5, 5.41) is 3.68. The molecule has 2 aromatic carbocycles. The van der Waals surface area contributed by atoms with Crippen LogP contribution in [0.3, 0.4) is 0 Å². The van der Waals surface area contributed by atoms with Crippen molar-refractivity contribution < 1.29 is 14.4 Å². The molecule has 0 unspecified atom stereocenters. The molecule has 0 spiro atoms. The van der Waals surface area contributed by atoms with Crippen LogP contribution in [0.4, 0.5) is 0 Å². The van der Waals surface area contributed by atoms with Gasteiger partial charge < -0.3 is 9.57 Å². The lowest BCUT2D eigenvalue weighted by molar-refractivity contribution is 0.0519. The van der Waals surface area contributed by atoms with Crippen LogP contribution in [0.5, 0.6) is 5.75 Å². The van der Waals surface area contributed by atoms with E-state index in [4.69, 9.17) is 9.57 Å². The van der Waals surface area contributed by atoms with E-state index < -0.39 is 5.97 Å². The van der Waals surface area contributed by atoms with Crippen LogP contribution in [0.15, 0.2) is 59.8 Å². The quantitative estimate of drug-likeness (QED) is 0.475. The second kappa shape index (κ2) is 7.09. The minimum atomic E-state index is -0.479. The average molecular weight is 269 g/mol. The van der Waals surface area contributed by atoms with E-state index in [0.717, 1.165) is 11.3 Å². The Kier molecular flexibility index (Phi) is 4.89. The number of hydrogen-bond donors (Lipinski definition) is 0. The number of nitrogens with zero attached hydrogens (tertiary/aromatic N) is 1. The number of carbonyl (C=O) groups is 1. The molecular weight excluding hydrogens is 254 g/mol. The monoisotopic (exact) mass is 269 g/mol. The Bertz CT molecular complexity index is 576. The molecule has 2 aromatic rings. The number of hydrogen-bond acceptors (Lipinski definition) is 4. The van der Waals surface area contributed by atoms with Crippen LogP contribution >= 0.6 is 0 Å². The summed E-state index contributed by atoms with van der Waals surface area (Å²) in [6.07, 6.45) is 1.48. The maximum atomic E-state index is 11.6. The van der Waals surface area contributed by atoms with Crippen molar-refractivity contribution in [1.82, 2.24) is 0 Å². The third-order valence-corrected chi connectivity index (χ3v) is 2.54. The van der Waals surface area contributed by atoms with Crippen molar-refractivity contribution in [3.63, 3.8) is 0 Å². The first-order valence-corrected chi connectivity index (χ1v) is 6.32. The molecule has 4 nitrogen and oxygen atoms in total. The first-order valence-electron chi connectivity index (χ1n) is 6.32. The fraction of sp³-hybridized carbons (Fsp3) is 0.125. The van der Waals surface area contributed by atoms with Crippen LogP contribution in [0.25, 0.3) is 0 Å². The van der Waals surface area contributed by atoms with E-state index >= 15 is 0 Å². The van der Waals surface area contributed by atoms with Crippen molar-refractivity contribution in [3.05, 3.63) is 65.7 Å². The molecule has 0 atom stereocenters. The van der Waals surface area contributed by atoms with Gasteiger partial charge in [0.05, 0.1) is 18.4 Å². The molecule has 102 valence electrons. The molecule has 0 saturated heterocycles. The Labute approximate surface area is 117 Å². The van der Waals surface area contributed by atoms with Crippen molar-refractivity contribution in [2.75, 3.05) is 6.61 Å². The Morgan fingerprint density at radius 2 is 1.80 bits per heavy atom. The topological polar surface area (TPSA) is 47.9 Å². The molecule has 0 aliphatic rings. The van der Waals surface area contributed by atoms with E-state index in [1.165, 1.54) is 6.21 Å². The predicted octanol–water partition coefficient (Wildman–Crippen LogP) is 3.28. The summed E-state index contributed by atoms with van der Waals surface area (Å²) in [6.45, 7) is 2.56. The zero-order valence-corrected chi connectivity index (χ0v) is 11.2. The number of ether oxygens (including phenoxy) is 1. The Hall–Kier alpha value is -2.62. The van der Waals surface area contributed by atoms with E-state index in [2.05, 4.69) is 5.16 Å². The molecule has 0 N–H and O–H groups in total. The van der Waals surface area contributed by atoms with Crippen molar-refractivity contribution in [1.29, 1.82) is 0 Å². The van der Waals surface area contributed by atoms with Crippen LogP contribution < -0.4 is 4.74 Å². The Balaban J connectivity index is 1.91. The van der Waals surface area contributed by atoms with Gasteiger partial charge in [0.1, 0.15) is 5.75 Å². The van der Waals surface area contributed by atoms with Gasteiger partial charge in [-0.3, -0.25) is 0 Å². The van der Waals surface area contributed by atoms with E-state index in [-0.39, 0.29) is 0 Å². The molecule has 0 aliphatic carbocycles. The van der Waals surface area contributed by atoms with E-state index in [1.807, 2.05) is 37.3 Å². The van der Waals surface area contributed by atoms with Crippen LogP contribution in [0.2, 0.25) is 0 Å². The summed E-state index contributed by atoms with van der Waals surface area (Å²) in [5.74, 6) is 0.318. The van der Waals surface area contributed by atoms with E-state index in [9.17, 15) is 4.79 Å². The van der Waals surface area contributed by atoms with Gasteiger partial charge >= 0.3 is 5.97 Å². The zero-order chi connectivity index (χ0) is 14.2. The maximum absolute atomic E-state index is 11.6.